The molecule has 6 heteroatoms. The predicted molar refractivity (Wildman–Crippen MR) is 33.9 cm³/mol. The highest BCUT2D eigenvalue weighted by Gasteiger charge is 2.10. The molecule has 0 fully saturated rings. The van der Waals surface area contributed by atoms with Crippen molar-refractivity contribution in [3.63, 3.8) is 0 Å². The van der Waals surface area contributed by atoms with E-state index in [0.717, 1.165) is 13.0 Å². The van der Waals surface area contributed by atoms with Crippen LogP contribution in [-0.4, -0.2) is 22.5 Å². The summed E-state index contributed by atoms with van der Waals surface area (Å²) < 4.78 is 10.2. The quantitative estimate of drug-likeness (QED) is 0.313. The van der Waals surface area contributed by atoms with E-state index in [1.165, 1.54) is 0 Å². The summed E-state index contributed by atoms with van der Waals surface area (Å²) >= 11 is 0. The van der Waals surface area contributed by atoms with Crippen molar-refractivity contribution in [3.05, 3.63) is 0 Å². The molecule has 0 saturated carbocycles. The molecule has 0 atom stereocenters. The minimum absolute atomic E-state index is 0. The Morgan fingerprint density at radius 2 is 1.80 bits per heavy atom. The van der Waals surface area contributed by atoms with E-state index < -0.39 is 7.60 Å². The van der Waals surface area contributed by atoms with Gasteiger partial charge >= 0.3 is 7.60 Å². The van der Waals surface area contributed by atoms with Crippen LogP contribution in [0.5, 0.6) is 0 Å². The van der Waals surface area contributed by atoms with E-state index >= 15 is 0 Å². The Morgan fingerprint density at radius 3 is 2.10 bits per heavy atom. The van der Waals surface area contributed by atoms with Crippen LogP contribution in [0.4, 0.5) is 0 Å². The minimum Gasteiger partial charge on any atom is -1.00 e. The number of halogens is 1. The predicted octanol–water partition coefficient (Wildman–Crippen LogP) is -3.81. The van der Waals surface area contributed by atoms with E-state index in [2.05, 4.69) is 5.73 Å². The minimum atomic E-state index is -3.72. The smallest absolute Gasteiger partial charge is 0.325 e. The summed E-state index contributed by atoms with van der Waals surface area (Å²) in [6.45, 7) is 0.750. The van der Waals surface area contributed by atoms with Gasteiger partial charge in [0.2, 0.25) is 0 Å². The van der Waals surface area contributed by atoms with Crippen molar-refractivity contribution < 1.29 is 32.5 Å². The zero-order valence-electron chi connectivity index (χ0n) is 5.66. The van der Waals surface area contributed by atoms with E-state index in [-0.39, 0.29) is 18.6 Å². The molecule has 0 radical (unpaired) electrons. The highest BCUT2D eigenvalue weighted by molar-refractivity contribution is 7.51. The van der Waals surface area contributed by atoms with Crippen LogP contribution in [0.25, 0.3) is 0 Å². The van der Waals surface area contributed by atoms with Crippen LogP contribution in [0.2, 0.25) is 0 Å². The molecule has 0 aromatic rings. The highest BCUT2D eigenvalue weighted by atomic mass is 35.5. The van der Waals surface area contributed by atoms with Gasteiger partial charge in [-0.1, -0.05) is 0 Å². The Morgan fingerprint density at radius 1 is 1.30 bits per heavy atom. The van der Waals surface area contributed by atoms with Gasteiger partial charge in [-0.15, -0.1) is 0 Å². The van der Waals surface area contributed by atoms with Gasteiger partial charge in [0.25, 0.3) is 0 Å². The maximum atomic E-state index is 10.2. The third-order valence-corrected chi connectivity index (χ3v) is 1.85. The average Bonchev–Trinajstić information content (AvgIpc) is 1.63. The molecule has 0 spiro atoms. The van der Waals surface area contributed by atoms with Gasteiger partial charge in [0.1, 0.15) is 0 Å². The SMILES string of the molecule is [Cl-].[NH3+]CCCCP(=O)(O)O. The maximum absolute atomic E-state index is 10.2. The normalized spacial score (nSPS) is 10.7. The first-order valence-corrected chi connectivity index (χ1v) is 4.70. The Bertz CT molecular complexity index is 115. The second-order valence-corrected chi connectivity index (χ2v) is 3.73. The van der Waals surface area contributed by atoms with Crippen molar-refractivity contribution in [1.82, 2.24) is 0 Å². The number of hydrogen-bond donors (Lipinski definition) is 3. The van der Waals surface area contributed by atoms with Gasteiger partial charge < -0.3 is 27.9 Å². The molecule has 0 rings (SSSR count). The van der Waals surface area contributed by atoms with Gasteiger partial charge in [0, 0.05) is 0 Å². The van der Waals surface area contributed by atoms with Crippen molar-refractivity contribution >= 4 is 7.60 Å². The van der Waals surface area contributed by atoms with Crippen molar-refractivity contribution in [2.24, 2.45) is 0 Å². The molecule has 0 aliphatic heterocycles. The maximum Gasteiger partial charge on any atom is 0.325 e. The average molecular weight is 190 g/mol. The van der Waals surface area contributed by atoms with Crippen LogP contribution in [0.15, 0.2) is 0 Å². The molecular formula is C4H13ClNO3P. The Labute approximate surface area is 66.4 Å². The molecule has 0 heterocycles. The largest absolute Gasteiger partial charge is 1.00 e. The lowest BCUT2D eigenvalue weighted by atomic mass is 10.3. The van der Waals surface area contributed by atoms with E-state index in [0.29, 0.717) is 6.42 Å². The van der Waals surface area contributed by atoms with Crippen LogP contribution in [0.1, 0.15) is 12.8 Å². The number of unbranched alkanes of at least 4 members (excludes halogenated alkanes) is 1. The van der Waals surface area contributed by atoms with Gasteiger partial charge in [-0.2, -0.15) is 0 Å². The van der Waals surface area contributed by atoms with Gasteiger partial charge in [-0.25, -0.2) is 0 Å². The number of quaternary nitrogens is 1. The zero-order chi connectivity index (χ0) is 7.33. The molecule has 0 unspecified atom stereocenters. The molecule has 0 aliphatic rings. The third kappa shape index (κ3) is 11.2. The Hall–Kier alpha value is 0.400. The summed E-state index contributed by atoms with van der Waals surface area (Å²) in [5.74, 6) is 0. The summed E-state index contributed by atoms with van der Waals surface area (Å²) in [5.41, 5.74) is 3.55. The molecule has 5 N–H and O–H groups in total. The van der Waals surface area contributed by atoms with Gasteiger partial charge in [-0.3, -0.25) is 4.57 Å². The molecule has 0 aliphatic carbocycles. The standard InChI is InChI=1S/C4H12NO3P.ClH/c5-3-1-2-4-9(6,7)8;/h1-5H2,(H2,6,7,8);1H. The second-order valence-electron chi connectivity index (χ2n) is 1.95. The summed E-state index contributed by atoms with van der Waals surface area (Å²) in [5, 5.41) is 0. The van der Waals surface area contributed by atoms with Crippen LogP contribution in [0, 0.1) is 0 Å². The monoisotopic (exact) mass is 189 g/mol. The molecule has 0 aromatic carbocycles. The van der Waals surface area contributed by atoms with Crippen molar-refractivity contribution in [2.45, 2.75) is 12.8 Å². The Kier molecular flexibility index (Phi) is 7.99. The van der Waals surface area contributed by atoms with E-state index in [1.807, 2.05) is 0 Å². The fourth-order valence-corrected chi connectivity index (χ4v) is 1.13. The van der Waals surface area contributed by atoms with E-state index in [9.17, 15) is 4.57 Å². The summed E-state index contributed by atoms with van der Waals surface area (Å²) in [6.07, 6.45) is 1.38. The van der Waals surface area contributed by atoms with Crippen LogP contribution in [0.3, 0.4) is 0 Å². The zero-order valence-corrected chi connectivity index (χ0v) is 7.31. The molecule has 0 aromatic heterocycles. The molecule has 0 bridgehead atoms. The van der Waals surface area contributed by atoms with Crippen molar-refractivity contribution in [1.29, 1.82) is 0 Å². The number of hydrogen-bond acceptors (Lipinski definition) is 1. The first-order valence-electron chi connectivity index (χ1n) is 2.90. The molecular weight excluding hydrogens is 176 g/mol. The third-order valence-electron chi connectivity index (χ3n) is 0.949. The Balaban J connectivity index is 0. The molecule has 64 valence electrons. The fraction of sp³-hybridized carbons (Fsp3) is 1.00. The summed E-state index contributed by atoms with van der Waals surface area (Å²) in [6, 6.07) is 0. The first kappa shape index (κ1) is 13.0. The lowest BCUT2D eigenvalue weighted by Gasteiger charge is -1.99. The van der Waals surface area contributed by atoms with Crippen molar-refractivity contribution in [3.8, 4) is 0 Å². The van der Waals surface area contributed by atoms with Crippen LogP contribution < -0.4 is 18.1 Å². The van der Waals surface area contributed by atoms with Crippen molar-refractivity contribution in [2.75, 3.05) is 12.7 Å². The van der Waals surface area contributed by atoms with Crippen LogP contribution in [-0.2, 0) is 4.57 Å². The lowest BCUT2D eigenvalue weighted by Crippen LogP contribution is -3.00. The van der Waals surface area contributed by atoms with E-state index in [4.69, 9.17) is 9.79 Å². The summed E-state index contributed by atoms with van der Waals surface area (Å²) in [4.78, 5) is 16.7. The summed E-state index contributed by atoms with van der Waals surface area (Å²) in [7, 11) is -3.72. The van der Waals surface area contributed by atoms with Gasteiger partial charge in [0.15, 0.2) is 0 Å². The fourth-order valence-electron chi connectivity index (χ4n) is 0.495. The molecule has 4 nitrogen and oxygen atoms in total. The second kappa shape index (κ2) is 6.13. The van der Waals surface area contributed by atoms with E-state index in [1.54, 1.807) is 0 Å². The van der Waals surface area contributed by atoms with Crippen LogP contribution >= 0.6 is 7.60 Å². The lowest BCUT2D eigenvalue weighted by molar-refractivity contribution is -0.368. The number of rotatable bonds is 4. The molecule has 0 amide bonds. The van der Waals surface area contributed by atoms with Gasteiger partial charge in [0.05, 0.1) is 12.7 Å². The topological polar surface area (TPSA) is 85.2 Å². The molecule has 10 heavy (non-hydrogen) atoms. The molecule has 0 saturated heterocycles. The first-order chi connectivity index (χ1) is 4.06. The van der Waals surface area contributed by atoms with Gasteiger partial charge in [-0.05, 0) is 12.8 Å². The highest BCUT2D eigenvalue weighted by Crippen LogP contribution is 2.34.